The molecule has 1 atom stereocenters. The fourth-order valence-corrected chi connectivity index (χ4v) is 2.49. The van der Waals surface area contributed by atoms with Crippen molar-refractivity contribution in [2.24, 2.45) is 5.92 Å². The highest BCUT2D eigenvalue weighted by Gasteiger charge is 2.34. The normalized spacial score (nSPS) is 18.9. The van der Waals surface area contributed by atoms with E-state index >= 15 is 0 Å². The van der Waals surface area contributed by atoms with Crippen LogP contribution in [-0.2, 0) is 4.79 Å². The summed E-state index contributed by atoms with van der Waals surface area (Å²) in [4.78, 5) is 13.8. The lowest BCUT2D eigenvalue weighted by molar-refractivity contribution is -0.145. The molecule has 4 nitrogen and oxygen atoms in total. The summed E-state index contributed by atoms with van der Waals surface area (Å²) in [5.41, 5.74) is -0.737. The molecule has 4 heteroatoms. The maximum atomic E-state index is 11.3. The molecule has 1 aliphatic rings. The molecule has 0 amide bonds. The van der Waals surface area contributed by atoms with Gasteiger partial charge in [0, 0.05) is 6.54 Å². The SMILES string of the molecule is CCN(CCCC(CC)(NC)C(=O)O)CC1CC1. The average Bonchev–Trinajstić information content (AvgIpc) is 3.17. The van der Waals surface area contributed by atoms with Crippen molar-refractivity contribution >= 4 is 5.97 Å². The van der Waals surface area contributed by atoms with E-state index in [1.807, 2.05) is 6.92 Å². The summed E-state index contributed by atoms with van der Waals surface area (Å²) in [5.74, 6) is 0.183. The third-order valence-corrected chi connectivity index (χ3v) is 4.23. The van der Waals surface area contributed by atoms with Gasteiger partial charge in [-0.25, -0.2) is 0 Å². The third kappa shape index (κ3) is 4.25. The van der Waals surface area contributed by atoms with Crippen LogP contribution >= 0.6 is 0 Å². The van der Waals surface area contributed by atoms with Crippen LogP contribution in [-0.4, -0.2) is 48.2 Å². The van der Waals surface area contributed by atoms with Crippen LogP contribution in [0.2, 0.25) is 0 Å². The number of hydrogen-bond donors (Lipinski definition) is 2. The molecule has 1 rings (SSSR count). The van der Waals surface area contributed by atoms with Gasteiger partial charge in [-0.15, -0.1) is 0 Å². The van der Waals surface area contributed by atoms with Crippen molar-refractivity contribution in [2.45, 2.75) is 51.5 Å². The van der Waals surface area contributed by atoms with Crippen molar-refractivity contribution < 1.29 is 9.90 Å². The van der Waals surface area contributed by atoms with Crippen LogP contribution in [0, 0.1) is 5.92 Å². The fourth-order valence-electron chi connectivity index (χ4n) is 2.49. The van der Waals surface area contributed by atoms with Crippen molar-refractivity contribution in [1.29, 1.82) is 0 Å². The lowest BCUT2D eigenvalue weighted by atomic mass is 9.90. The van der Waals surface area contributed by atoms with Crippen molar-refractivity contribution in [3.05, 3.63) is 0 Å². The lowest BCUT2D eigenvalue weighted by Crippen LogP contribution is -2.50. The summed E-state index contributed by atoms with van der Waals surface area (Å²) in [5, 5.41) is 12.3. The number of carboxylic acid groups (broad SMARTS) is 1. The Morgan fingerprint density at radius 2 is 2.11 bits per heavy atom. The Morgan fingerprint density at radius 3 is 2.50 bits per heavy atom. The molecule has 0 aromatic rings. The van der Waals surface area contributed by atoms with E-state index in [2.05, 4.69) is 17.1 Å². The van der Waals surface area contributed by atoms with Gasteiger partial charge in [0.15, 0.2) is 0 Å². The highest BCUT2D eigenvalue weighted by Crippen LogP contribution is 2.29. The van der Waals surface area contributed by atoms with E-state index in [1.165, 1.54) is 19.4 Å². The van der Waals surface area contributed by atoms with Gasteiger partial charge in [-0.3, -0.25) is 4.79 Å². The van der Waals surface area contributed by atoms with Crippen molar-refractivity contribution in [2.75, 3.05) is 26.7 Å². The molecule has 0 aromatic heterocycles. The van der Waals surface area contributed by atoms with E-state index in [9.17, 15) is 9.90 Å². The summed E-state index contributed by atoms with van der Waals surface area (Å²) in [7, 11) is 1.75. The predicted octanol–water partition coefficient (Wildman–Crippen LogP) is 1.95. The highest BCUT2D eigenvalue weighted by atomic mass is 16.4. The summed E-state index contributed by atoms with van der Waals surface area (Å²) in [6.45, 7) is 7.41. The van der Waals surface area contributed by atoms with Crippen LogP contribution in [0.15, 0.2) is 0 Å². The minimum atomic E-state index is -0.737. The molecule has 1 saturated carbocycles. The van der Waals surface area contributed by atoms with Gasteiger partial charge in [-0.05, 0) is 58.2 Å². The Bertz CT molecular complexity index is 261. The second-order valence-electron chi connectivity index (χ2n) is 5.43. The summed E-state index contributed by atoms with van der Waals surface area (Å²) < 4.78 is 0. The molecule has 106 valence electrons. The van der Waals surface area contributed by atoms with E-state index in [4.69, 9.17) is 0 Å². The molecule has 0 saturated heterocycles. The minimum absolute atomic E-state index is 0.633. The van der Waals surface area contributed by atoms with Crippen LogP contribution in [0.25, 0.3) is 0 Å². The molecule has 1 fully saturated rings. The van der Waals surface area contributed by atoms with Crippen molar-refractivity contribution in [1.82, 2.24) is 10.2 Å². The van der Waals surface area contributed by atoms with Crippen LogP contribution < -0.4 is 5.32 Å². The average molecular weight is 256 g/mol. The second-order valence-corrected chi connectivity index (χ2v) is 5.43. The maximum Gasteiger partial charge on any atom is 0.323 e. The molecule has 0 spiro atoms. The van der Waals surface area contributed by atoms with Gasteiger partial charge < -0.3 is 15.3 Å². The molecule has 0 bridgehead atoms. The molecular formula is C14H28N2O2. The Kier molecular flexibility index (Phi) is 6.09. The van der Waals surface area contributed by atoms with Crippen LogP contribution in [0.5, 0.6) is 0 Å². The first-order chi connectivity index (χ1) is 8.57. The number of likely N-dealkylation sites (N-methyl/N-ethyl adjacent to an activating group) is 1. The van der Waals surface area contributed by atoms with E-state index in [0.29, 0.717) is 12.8 Å². The topological polar surface area (TPSA) is 52.6 Å². The Balaban J connectivity index is 2.34. The lowest BCUT2D eigenvalue weighted by Gasteiger charge is -2.29. The van der Waals surface area contributed by atoms with E-state index in [-0.39, 0.29) is 0 Å². The maximum absolute atomic E-state index is 11.3. The zero-order chi connectivity index (χ0) is 13.6. The zero-order valence-corrected chi connectivity index (χ0v) is 12.0. The predicted molar refractivity (Wildman–Crippen MR) is 73.8 cm³/mol. The Morgan fingerprint density at radius 1 is 1.44 bits per heavy atom. The van der Waals surface area contributed by atoms with Gasteiger partial charge in [0.2, 0.25) is 0 Å². The van der Waals surface area contributed by atoms with Gasteiger partial charge >= 0.3 is 5.97 Å². The van der Waals surface area contributed by atoms with Crippen LogP contribution in [0.4, 0.5) is 0 Å². The first-order valence-electron chi connectivity index (χ1n) is 7.22. The number of rotatable bonds is 10. The quantitative estimate of drug-likeness (QED) is 0.627. The molecular weight excluding hydrogens is 228 g/mol. The number of nitrogens with zero attached hydrogens (tertiary/aromatic N) is 1. The molecule has 18 heavy (non-hydrogen) atoms. The number of carbonyl (C=O) groups is 1. The summed E-state index contributed by atoms with van der Waals surface area (Å²) in [6, 6.07) is 0. The monoisotopic (exact) mass is 256 g/mol. The van der Waals surface area contributed by atoms with Crippen molar-refractivity contribution in [3.8, 4) is 0 Å². The minimum Gasteiger partial charge on any atom is -0.480 e. The molecule has 1 unspecified atom stereocenters. The molecule has 0 heterocycles. The number of hydrogen-bond acceptors (Lipinski definition) is 3. The van der Waals surface area contributed by atoms with Gasteiger partial charge in [0.05, 0.1) is 0 Å². The number of aliphatic carboxylic acids is 1. The van der Waals surface area contributed by atoms with Gasteiger partial charge in [0.1, 0.15) is 5.54 Å². The fraction of sp³-hybridized carbons (Fsp3) is 0.929. The van der Waals surface area contributed by atoms with Gasteiger partial charge in [-0.2, -0.15) is 0 Å². The number of nitrogens with one attached hydrogen (secondary N) is 1. The van der Waals surface area contributed by atoms with E-state index < -0.39 is 11.5 Å². The Hall–Kier alpha value is -0.610. The standard InChI is InChI=1S/C14H28N2O2/c1-4-14(15-3,13(17)18)9-6-10-16(5-2)11-12-7-8-12/h12,15H,4-11H2,1-3H3,(H,17,18). The number of carboxylic acids is 1. The van der Waals surface area contributed by atoms with E-state index in [0.717, 1.165) is 25.4 Å². The Labute approximate surface area is 111 Å². The van der Waals surface area contributed by atoms with Gasteiger partial charge in [0.25, 0.3) is 0 Å². The summed E-state index contributed by atoms with van der Waals surface area (Å²) >= 11 is 0. The van der Waals surface area contributed by atoms with Gasteiger partial charge in [-0.1, -0.05) is 13.8 Å². The first kappa shape index (κ1) is 15.4. The van der Waals surface area contributed by atoms with E-state index in [1.54, 1.807) is 7.05 Å². The third-order valence-electron chi connectivity index (χ3n) is 4.23. The first-order valence-corrected chi connectivity index (χ1v) is 7.22. The van der Waals surface area contributed by atoms with Crippen molar-refractivity contribution in [3.63, 3.8) is 0 Å². The molecule has 1 aliphatic carbocycles. The molecule has 0 aromatic carbocycles. The second kappa shape index (κ2) is 7.10. The molecule has 2 N–H and O–H groups in total. The van der Waals surface area contributed by atoms with Crippen LogP contribution in [0.1, 0.15) is 46.0 Å². The molecule has 0 radical (unpaired) electrons. The summed E-state index contributed by atoms with van der Waals surface area (Å²) in [6.07, 6.45) is 5.04. The zero-order valence-electron chi connectivity index (χ0n) is 12.0. The smallest absolute Gasteiger partial charge is 0.323 e. The highest BCUT2D eigenvalue weighted by molar-refractivity contribution is 5.78. The molecule has 0 aliphatic heterocycles. The van der Waals surface area contributed by atoms with Crippen LogP contribution in [0.3, 0.4) is 0 Å². The largest absolute Gasteiger partial charge is 0.480 e.